The number of pyridine rings is 3. The predicted molar refractivity (Wildman–Crippen MR) is 131 cm³/mol. The molecule has 182 valence electrons. The number of amides is 1. The largest absolute Gasteiger partial charge is 0.491 e. The van der Waals surface area contributed by atoms with Gasteiger partial charge in [-0.3, -0.25) is 9.78 Å². The van der Waals surface area contributed by atoms with Gasteiger partial charge in [0.25, 0.3) is 11.8 Å². The van der Waals surface area contributed by atoms with Gasteiger partial charge in [0, 0.05) is 26.0 Å². The molecule has 3 aromatic heterocycles. The number of rotatable bonds is 10. The SMILES string of the molecule is C=CN(CC(OC)OC)c1ccc(N2Cc3nc(-c4cnc(OC)c(OC)c4)ccc3C2=O)cn1. The Morgan fingerprint density at radius 2 is 1.89 bits per heavy atom. The molecule has 10 heteroatoms. The molecule has 0 radical (unpaired) electrons. The maximum absolute atomic E-state index is 13.1. The van der Waals surface area contributed by atoms with Crippen LogP contribution in [0.3, 0.4) is 0 Å². The quantitative estimate of drug-likeness (QED) is 0.407. The normalized spacial score (nSPS) is 12.6. The third-order valence-corrected chi connectivity index (χ3v) is 5.72. The molecule has 0 N–H and O–H groups in total. The lowest BCUT2D eigenvalue weighted by Crippen LogP contribution is -2.31. The highest BCUT2D eigenvalue weighted by Crippen LogP contribution is 2.32. The van der Waals surface area contributed by atoms with Crippen LogP contribution in [0.1, 0.15) is 16.1 Å². The summed E-state index contributed by atoms with van der Waals surface area (Å²) in [7, 11) is 6.23. The number of aromatic nitrogens is 3. The first-order valence-electron chi connectivity index (χ1n) is 10.8. The lowest BCUT2D eigenvalue weighted by atomic mass is 10.1. The number of carbonyl (C=O) groups excluding carboxylic acids is 1. The van der Waals surface area contributed by atoms with Gasteiger partial charge >= 0.3 is 0 Å². The minimum atomic E-state index is -0.426. The summed E-state index contributed by atoms with van der Waals surface area (Å²) in [6, 6.07) is 9.06. The Hall–Kier alpha value is -4.02. The zero-order valence-corrected chi connectivity index (χ0v) is 20.1. The molecule has 35 heavy (non-hydrogen) atoms. The molecular weight excluding hydrogens is 450 g/mol. The Balaban J connectivity index is 1.54. The maximum atomic E-state index is 13.1. The first kappa shape index (κ1) is 24.1. The Morgan fingerprint density at radius 1 is 1.09 bits per heavy atom. The van der Waals surface area contributed by atoms with E-state index in [1.807, 2.05) is 17.0 Å². The van der Waals surface area contributed by atoms with Crippen LogP contribution in [0.25, 0.3) is 11.3 Å². The molecule has 0 aliphatic carbocycles. The predicted octanol–water partition coefficient (Wildman–Crippen LogP) is 3.29. The van der Waals surface area contributed by atoms with Crippen molar-refractivity contribution < 1.29 is 23.7 Å². The number of methoxy groups -OCH3 is 4. The van der Waals surface area contributed by atoms with Crippen molar-refractivity contribution in [2.75, 3.05) is 44.8 Å². The van der Waals surface area contributed by atoms with Gasteiger partial charge in [-0.25, -0.2) is 9.97 Å². The lowest BCUT2D eigenvalue weighted by molar-refractivity contribution is -0.0940. The van der Waals surface area contributed by atoms with E-state index in [0.717, 1.165) is 5.56 Å². The molecule has 0 spiro atoms. The zero-order chi connectivity index (χ0) is 24.9. The molecule has 4 rings (SSSR count). The van der Waals surface area contributed by atoms with E-state index < -0.39 is 6.29 Å². The van der Waals surface area contributed by atoms with Gasteiger partial charge in [0.15, 0.2) is 12.0 Å². The highest BCUT2D eigenvalue weighted by molar-refractivity contribution is 6.09. The van der Waals surface area contributed by atoms with Crippen molar-refractivity contribution in [3.05, 3.63) is 66.8 Å². The van der Waals surface area contributed by atoms with Crippen LogP contribution in [0.5, 0.6) is 11.6 Å². The molecule has 0 bridgehead atoms. The van der Waals surface area contributed by atoms with Crippen LogP contribution in [-0.2, 0) is 16.0 Å². The average Bonchev–Trinajstić information content (AvgIpc) is 3.24. The Morgan fingerprint density at radius 3 is 2.51 bits per heavy atom. The van der Waals surface area contributed by atoms with Crippen LogP contribution in [-0.4, -0.2) is 62.1 Å². The highest BCUT2D eigenvalue weighted by Gasteiger charge is 2.30. The van der Waals surface area contributed by atoms with Gasteiger partial charge in [0.2, 0.25) is 0 Å². The molecule has 3 aromatic rings. The summed E-state index contributed by atoms with van der Waals surface area (Å²) in [5, 5.41) is 0. The second-order valence-corrected chi connectivity index (χ2v) is 7.63. The molecule has 1 aliphatic rings. The van der Waals surface area contributed by atoms with Gasteiger partial charge in [-0.1, -0.05) is 6.58 Å². The van der Waals surface area contributed by atoms with Gasteiger partial charge in [-0.05, 0) is 36.5 Å². The minimum Gasteiger partial charge on any atom is -0.491 e. The summed E-state index contributed by atoms with van der Waals surface area (Å²) in [4.78, 5) is 30.0. The number of carbonyl (C=O) groups is 1. The van der Waals surface area contributed by atoms with Crippen molar-refractivity contribution >= 4 is 17.4 Å². The third-order valence-electron chi connectivity index (χ3n) is 5.72. The monoisotopic (exact) mass is 477 g/mol. The third kappa shape index (κ3) is 4.79. The van der Waals surface area contributed by atoms with Crippen LogP contribution >= 0.6 is 0 Å². The number of hydrogen-bond donors (Lipinski definition) is 0. The Labute approximate surface area is 203 Å². The fourth-order valence-electron chi connectivity index (χ4n) is 3.80. The van der Waals surface area contributed by atoms with Gasteiger partial charge in [0.05, 0.1) is 56.1 Å². The Bertz CT molecular complexity index is 1210. The fraction of sp³-hybridized carbons (Fsp3) is 0.280. The molecule has 1 amide bonds. The minimum absolute atomic E-state index is 0.126. The van der Waals surface area contributed by atoms with E-state index in [0.29, 0.717) is 53.2 Å². The molecular formula is C25H27N5O5. The second-order valence-electron chi connectivity index (χ2n) is 7.63. The van der Waals surface area contributed by atoms with E-state index >= 15 is 0 Å². The van der Waals surface area contributed by atoms with Crippen molar-refractivity contribution in [1.82, 2.24) is 15.0 Å². The summed E-state index contributed by atoms with van der Waals surface area (Å²) >= 11 is 0. The van der Waals surface area contributed by atoms with E-state index in [4.69, 9.17) is 23.9 Å². The van der Waals surface area contributed by atoms with E-state index in [9.17, 15) is 4.79 Å². The van der Waals surface area contributed by atoms with E-state index in [1.165, 1.54) is 7.11 Å². The number of fused-ring (bicyclic) bond motifs is 1. The molecule has 4 heterocycles. The topological polar surface area (TPSA) is 99.1 Å². The Kier molecular flexibility index (Phi) is 7.23. The molecule has 10 nitrogen and oxygen atoms in total. The van der Waals surface area contributed by atoms with Crippen molar-refractivity contribution in [3.63, 3.8) is 0 Å². The summed E-state index contributed by atoms with van der Waals surface area (Å²) in [6.45, 7) is 4.60. The molecule has 0 aromatic carbocycles. The first-order chi connectivity index (χ1) is 17.0. The lowest BCUT2D eigenvalue weighted by Gasteiger charge is -2.24. The summed E-state index contributed by atoms with van der Waals surface area (Å²) < 4.78 is 21.1. The van der Waals surface area contributed by atoms with Crippen molar-refractivity contribution in [3.8, 4) is 22.9 Å². The summed E-state index contributed by atoms with van der Waals surface area (Å²) in [6.07, 6.45) is 4.54. The second kappa shape index (κ2) is 10.5. The van der Waals surface area contributed by atoms with E-state index in [2.05, 4.69) is 16.5 Å². The standard InChI is InChI=1S/C25H27N5O5/c1-6-29(15-23(33-3)34-4)22-10-7-17(13-26-22)30-14-20-18(25(30)31)8-9-19(28-20)16-11-21(32-2)24(35-5)27-12-16/h6-13,23H,1,14-15H2,2-5H3. The average molecular weight is 478 g/mol. The number of nitrogens with zero attached hydrogens (tertiary/aromatic N) is 5. The summed E-state index contributed by atoms with van der Waals surface area (Å²) in [5.74, 6) is 1.43. The van der Waals surface area contributed by atoms with Crippen LogP contribution in [0.15, 0.2) is 55.5 Å². The number of anilines is 2. The van der Waals surface area contributed by atoms with E-state index in [-0.39, 0.29) is 5.91 Å². The van der Waals surface area contributed by atoms with Gasteiger partial charge in [0.1, 0.15) is 5.82 Å². The van der Waals surface area contributed by atoms with Crippen LogP contribution in [0.2, 0.25) is 0 Å². The molecule has 0 unspecified atom stereocenters. The smallest absolute Gasteiger partial charge is 0.260 e. The highest BCUT2D eigenvalue weighted by atomic mass is 16.7. The van der Waals surface area contributed by atoms with Crippen molar-refractivity contribution in [2.24, 2.45) is 0 Å². The zero-order valence-electron chi connectivity index (χ0n) is 20.1. The summed E-state index contributed by atoms with van der Waals surface area (Å²) in [5.41, 5.74) is 3.36. The van der Waals surface area contributed by atoms with E-state index in [1.54, 1.807) is 63.0 Å². The molecule has 0 fully saturated rings. The maximum Gasteiger partial charge on any atom is 0.260 e. The number of ether oxygens (including phenoxy) is 4. The van der Waals surface area contributed by atoms with Crippen LogP contribution < -0.4 is 19.3 Å². The molecule has 1 aliphatic heterocycles. The van der Waals surface area contributed by atoms with Gasteiger partial charge in [-0.15, -0.1) is 0 Å². The van der Waals surface area contributed by atoms with Crippen molar-refractivity contribution in [1.29, 1.82) is 0 Å². The molecule has 0 saturated carbocycles. The fourth-order valence-corrected chi connectivity index (χ4v) is 3.80. The molecule has 0 atom stereocenters. The van der Waals surface area contributed by atoms with Crippen LogP contribution in [0, 0.1) is 0 Å². The van der Waals surface area contributed by atoms with Crippen molar-refractivity contribution in [2.45, 2.75) is 12.8 Å². The van der Waals surface area contributed by atoms with Gasteiger partial charge < -0.3 is 28.7 Å². The molecule has 0 saturated heterocycles. The first-order valence-corrected chi connectivity index (χ1v) is 10.8. The van der Waals surface area contributed by atoms with Crippen LogP contribution in [0.4, 0.5) is 11.5 Å². The number of hydrogen-bond acceptors (Lipinski definition) is 9. The van der Waals surface area contributed by atoms with Gasteiger partial charge in [-0.2, -0.15) is 0 Å².